The number of hydrogen-bond acceptors (Lipinski definition) is 2. The first kappa shape index (κ1) is 12.1. The van der Waals surface area contributed by atoms with Gasteiger partial charge in [-0.2, -0.15) is 5.10 Å². The van der Waals surface area contributed by atoms with Crippen LogP contribution in [0.5, 0.6) is 0 Å². The highest BCUT2D eigenvalue weighted by Crippen LogP contribution is 2.24. The molecule has 1 aromatic carbocycles. The van der Waals surface area contributed by atoms with Gasteiger partial charge in [-0.3, -0.25) is 9.48 Å². The lowest BCUT2D eigenvalue weighted by Crippen LogP contribution is -2.12. The van der Waals surface area contributed by atoms with Crippen molar-refractivity contribution >= 4 is 32.8 Å². The van der Waals surface area contributed by atoms with Gasteiger partial charge in [-0.1, -0.05) is 13.0 Å². The molecular weight excluding hydrogens is 284 g/mol. The topological polar surface area (TPSA) is 55.1 Å². The standard InChI is InChI=1S/C12H13BrN2O2/c1-7(12(16)17)5-8-3-4-10-9(6-8)11(13)14-15(10)2/h3-4,6-7H,5H2,1-2H3,(H,16,17). The second kappa shape index (κ2) is 4.49. The first-order valence-corrected chi connectivity index (χ1v) is 6.12. The molecular formula is C12H13BrN2O2. The number of aryl methyl sites for hydroxylation is 1. The molecule has 4 nitrogen and oxygen atoms in total. The lowest BCUT2D eigenvalue weighted by Gasteiger charge is -2.06. The summed E-state index contributed by atoms with van der Waals surface area (Å²) in [5, 5.41) is 14.2. The Balaban J connectivity index is 2.38. The quantitative estimate of drug-likeness (QED) is 0.947. The maximum atomic E-state index is 10.8. The molecule has 0 radical (unpaired) electrons. The molecule has 5 heteroatoms. The van der Waals surface area contributed by atoms with Crippen LogP contribution >= 0.6 is 15.9 Å². The van der Waals surface area contributed by atoms with E-state index in [-0.39, 0.29) is 5.92 Å². The van der Waals surface area contributed by atoms with Crippen molar-refractivity contribution < 1.29 is 9.90 Å². The number of aromatic nitrogens is 2. The smallest absolute Gasteiger partial charge is 0.306 e. The van der Waals surface area contributed by atoms with Crippen LogP contribution in [0.1, 0.15) is 12.5 Å². The third-order valence-electron chi connectivity index (χ3n) is 2.83. The van der Waals surface area contributed by atoms with E-state index < -0.39 is 5.97 Å². The average Bonchev–Trinajstić information content (AvgIpc) is 2.54. The summed E-state index contributed by atoms with van der Waals surface area (Å²) in [5.41, 5.74) is 2.05. The number of halogens is 1. The Morgan fingerprint density at radius 1 is 1.59 bits per heavy atom. The van der Waals surface area contributed by atoms with Crippen LogP contribution in [0.2, 0.25) is 0 Å². The zero-order valence-electron chi connectivity index (χ0n) is 9.64. The zero-order valence-corrected chi connectivity index (χ0v) is 11.2. The number of fused-ring (bicyclic) bond motifs is 1. The summed E-state index contributed by atoms with van der Waals surface area (Å²) < 4.78 is 2.59. The minimum absolute atomic E-state index is 0.372. The summed E-state index contributed by atoms with van der Waals surface area (Å²) in [6.07, 6.45) is 0.534. The molecule has 0 bridgehead atoms. The molecule has 90 valence electrons. The SMILES string of the molecule is CC(Cc1ccc2c(c1)c(Br)nn2C)C(=O)O. The summed E-state index contributed by atoms with van der Waals surface area (Å²) in [6.45, 7) is 1.71. The summed E-state index contributed by atoms with van der Waals surface area (Å²) in [4.78, 5) is 10.8. The molecule has 0 saturated carbocycles. The highest BCUT2D eigenvalue weighted by molar-refractivity contribution is 9.10. The second-order valence-electron chi connectivity index (χ2n) is 4.21. The molecule has 1 N–H and O–H groups in total. The molecule has 2 aromatic rings. The average molecular weight is 297 g/mol. The first-order chi connectivity index (χ1) is 7.99. The molecule has 1 atom stereocenters. The molecule has 1 aromatic heterocycles. The van der Waals surface area contributed by atoms with E-state index in [4.69, 9.17) is 5.11 Å². The Labute approximate surface area is 107 Å². The van der Waals surface area contributed by atoms with Crippen molar-refractivity contribution in [2.45, 2.75) is 13.3 Å². The summed E-state index contributed by atoms with van der Waals surface area (Å²) >= 11 is 3.40. The van der Waals surface area contributed by atoms with Crippen LogP contribution in [0.15, 0.2) is 22.8 Å². The van der Waals surface area contributed by atoms with Gasteiger partial charge in [-0.15, -0.1) is 0 Å². The van der Waals surface area contributed by atoms with E-state index in [0.29, 0.717) is 6.42 Å². The van der Waals surface area contributed by atoms with Crippen LogP contribution in [0.4, 0.5) is 0 Å². The number of carboxylic acid groups (broad SMARTS) is 1. The summed E-state index contributed by atoms with van der Waals surface area (Å²) in [7, 11) is 1.88. The zero-order chi connectivity index (χ0) is 12.6. The van der Waals surface area contributed by atoms with Gasteiger partial charge in [0.15, 0.2) is 0 Å². The van der Waals surface area contributed by atoms with E-state index in [1.807, 2.05) is 25.2 Å². The maximum absolute atomic E-state index is 10.8. The van der Waals surface area contributed by atoms with Crippen LogP contribution in [-0.2, 0) is 18.3 Å². The second-order valence-corrected chi connectivity index (χ2v) is 4.96. The van der Waals surface area contributed by atoms with Crippen molar-refractivity contribution in [2.75, 3.05) is 0 Å². The lowest BCUT2D eigenvalue weighted by molar-refractivity contribution is -0.141. The molecule has 0 amide bonds. The van der Waals surface area contributed by atoms with E-state index in [0.717, 1.165) is 21.1 Å². The fourth-order valence-corrected chi connectivity index (χ4v) is 2.39. The Morgan fingerprint density at radius 3 is 2.94 bits per heavy atom. The van der Waals surface area contributed by atoms with Gasteiger partial charge in [0.2, 0.25) is 0 Å². The van der Waals surface area contributed by atoms with Gasteiger partial charge < -0.3 is 5.11 Å². The molecule has 2 rings (SSSR count). The number of rotatable bonds is 3. The number of carbonyl (C=O) groups is 1. The minimum atomic E-state index is -0.768. The van der Waals surface area contributed by atoms with Gasteiger partial charge in [0, 0.05) is 12.4 Å². The highest BCUT2D eigenvalue weighted by Gasteiger charge is 2.13. The fraction of sp³-hybridized carbons (Fsp3) is 0.333. The van der Waals surface area contributed by atoms with Crippen molar-refractivity contribution in [3.8, 4) is 0 Å². The molecule has 0 saturated heterocycles. The molecule has 0 fully saturated rings. The molecule has 0 aliphatic carbocycles. The predicted octanol–water partition coefficient (Wildman–Crippen LogP) is 2.60. The highest BCUT2D eigenvalue weighted by atomic mass is 79.9. The van der Waals surface area contributed by atoms with Crippen LogP contribution in [0, 0.1) is 5.92 Å². The van der Waals surface area contributed by atoms with E-state index in [2.05, 4.69) is 21.0 Å². The predicted molar refractivity (Wildman–Crippen MR) is 68.9 cm³/mol. The number of aliphatic carboxylic acids is 1. The number of carboxylic acids is 1. The van der Waals surface area contributed by atoms with Gasteiger partial charge in [0.1, 0.15) is 4.60 Å². The van der Waals surface area contributed by atoms with Crippen molar-refractivity contribution in [2.24, 2.45) is 13.0 Å². The molecule has 0 aliphatic heterocycles. The monoisotopic (exact) mass is 296 g/mol. The van der Waals surface area contributed by atoms with Crippen molar-refractivity contribution in [1.82, 2.24) is 9.78 Å². The van der Waals surface area contributed by atoms with E-state index in [9.17, 15) is 4.79 Å². The number of nitrogens with zero attached hydrogens (tertiary/aromatic N) is 2. The molecule has 1 unspecified atom stereocenters. The summed E-state index contributed by atoms with van der Waals surface area (Å²) in [5.74, 6) is -1.14. The van der Waals surface area contributed by atoms with Crippen molar-refractivity contribution in [3.63, 3.8) is 0 Å². The normalized spacial score (nSPS) is 12.9. The number of hydrogen-bond donors (Lipinski definition) is 1. The number of benzene rings is 1. The van der Waals surface area contributed by atoms with Crippen molar-refractivity contribution in [3.05, 3.63) is 28.4 Å². The first-order valence-electron chi connectivity index (χ1n) is 5.33. The Bertz CT molecular complexity index is 577. The third-order valence-corrected chi connectivity index (χ3v) is 3.42. The summed E-state index contributed by atoms with van der Waals surface area (Å²) in [6, 6.07) is 5.92. The largest absolute Gasteiger partial charge is 0.481 e. The van der Waals surface area contributed by atoms with E-state index >= 15 is 0 Å². The lowest BCUT2D eigenvalue weighted by atomic mass is 10.0. The van der Waals surface area contributed by atoms with Gasteiger partial charge in [-0.05, 0) is 40.0 Å². The van der Waals surface area contributed by atoms with E-state index in [1.165, 1.54) is 0 Å². The van der Waals surface area contributed by atoms with E-state index in [1.54, 1.807) is 11.6 Å². The van der Waals surface area contributed by atoms with Crippen LogP contribution in [0.3, 0.4) is 0 Å². The van der Waals surface area contributed by atoms with Crippen LogP contribution in [0.25, 0.3) is 10.9 Å². The van der Waals surface area contributed by atoms with Crippen LogP contribution in [-0.4, -0.2) is 20.9 Å². The van der Waals surface area contributed by atoms with Gasteiger partial charge in [-0.25, -0.2) is 0 Å². The third kappa shape index (κ3) is 2.34. The van der Waals surface area contributed by atoms with Gasteiger partial charge in [0.25, 0.3) is 0 Å². The minimum Gasteiger partial charge on any atom is -0.481 e. The fourth-order valence-electron chi connectivity index (χ4n) is 1.84. The molecule has 1 heterocycles. The molecule has 0 spiro atoms. The van der Waals surface area contributed by atoms with Crippen LogP contribution < -0.4 is 0 Å². The van der Waals surface area contributed by atoms with Gasteiger partial charge in [0.05, 0.1) is 11.4 Å². The maximum Gasteiger partial charge on any atom is 0.306 e. The van der Waals surface area contributed by atoms with Gasteiger partial charge >= 0.3 is 5.97 Å². The molecule has 0 aliphatic rings. The Hall–Kier alpha value is -1.36. The van der Waals surface area contributed by atoms with Crippen molar-refractivity contribution in [1.29, 1.82) is 0 Å². The Kier molecular flexibility index (Phi) is 3.19. The Morgan fingerprint density at radius 2 is 2.29 bits per heavy atom. The molecule has 17 heavy (non-hydrogen) atoms.